The molecule has 3 aromatic carbocycles. The van der Waals surface area contributed by atoms with Crippen molar-refractivity contribution in [3.8, 4) is 0 Å². The van der Waals surface area contributed by atoms with Crippen LogP contribution >= 0.6 is 23.2 Å². The lowest BCUT2D eigenvalue weighted by Crippen LogP contribution is -2.45. The Morgan fingerprint density at radius 2 is 1.67 bits per heavy atom. The lowest BCUT2D eigenvalue weighted by atomic mass is 9.83. The number of esters is 1. The van der Waals surface area contributed by atoms with Crippen LogP contribution in [0, 0.1) is 0 Å². The van der Waals surface area contributed by atoms with Gasteiger partial charge in [0.15, 0.2) is 0 Å². The van der Waals surface area contributed by atoms with Crippen LogP contribution in [-0.2, 0) is 25.5 Å². The Morgan fingerprint density at radius 3 is 2.31 bits per heavy atom. The molecule has 2 unspecified atom stereocenters. The molecule has 2 amide bonds. The number of benzene rings is 3. The number of carbonyl (C=O) groups excluding carboxylic acids is 3. The third kappa shape index (κ3) is 6.88. The van der Waals surface area contributed by atoms with Crippen LogP contribution < -0.4 is 5.32 Å². The molecule has 39 heavy (non-hydrogen) atoms. The van der Waals surface area contributed by atoms with E-state index in [0.29, 0.717) is 33.3 Å². The molecule has 3 aromatic rings. The third-order valence-electron chi connectivity index (χ3n) is 6.79. The van der Waals surface area contributed by atoms with Crippen molar-refractivity contribution < 1.29 is 19.1 Å². The number of halogens is 2. The van der Waals surface area contributed by atoms with Gasteiger partial charge >= 0.3 is 5.97 Å². The van der Waals surface area contributed by atoms with Crippen molar-refractivity contribution in [1.82, 2.24) is 10.2 Å². The van der Waals surface area contributed by atoms with Gasteiger partial charge in [-0.2, -0.15) is 0 Å². The molecule has 0 radical (unpaired) electrons. The summed E-state index contributed by atoms with van der Waals surface area (Å²) in [4.78, 5) is 41.1. The second kappa shape index (κ2) is 13.0. The number of nitrogens with one attached hydrogen (secondary N) is 1. The van der Waals surface area contributed by atoms with Gasteiger partial charge in [-0.05, 0) is 49.1 Å². The SMILES string of the molecule is CCOC(=O)C1=C(C)N(CC(=O)NC(Cc2ccccc2)c2ccccc2)C(=O)CC1c1ccc(Cl)c(Cl)c1. The normalized spacial score (nSPS) is 16.2. The predicted molar refractivity (Wildman–Crippen MR) is 152 cm³/mol. The average Bonchev–Trinajstić information content (AvgIpc) is 2.93. The molecule has 1 aliphatic rings. The second-order valence-corrected chi connectivity index (χ2v) is 10.2. The zero-order chi connectivity index (χ0) is 27.9. The number of allylic oxidation sites excluding steroid dienone is 1. The Morgan fingerprint density at radius 1 is 1.00 bits per heavy atom. The maximum absolute atomic E-state index is 13.3. The first-order valence-corrected chi connectivity index (χ1v) is 13.6. The molecule has 2 atom stereocenters. The summed E-state index contributed by atoms with van der Waals surface area (Å²) < 4.78 is 5.34. The van der Waals surface area contributed by atoms with Crippen LogP contribution in [0.2, 0.25) is 10.0 Å². The van der Waals surface area contributed by atoms with Crippen molar-refractivity contribution in [1.29, 1.82) is 0 Å². The van der Waals surface area contributed by atoms with Gasteiger partial charge in [0.05, 0.1) is 28.3 Å². The number of amides is 2. The standard InChI is InChI=1S/C31H30Cl2N2O4/c1-3-39-31(38)30-20(2)35(29(37)18-24(30)23-14-15-25(32)26(33)17-23)19-28(36)34-27(22-12-8-5-9-13-22)16-21-10-6-4-7-11-21/h4-15,17,24,27H,3,16,18-19H2,1-2H3,(H,34,36). The summed E-state index contributed by atoms with van der Waals surface area (Å²) in [6, 6.07) is 24.3. The van der Waals surface area contributed by atoms with E-state index in [4.69, 9.17) is 27.9 Å². The lowest BCUT2D eigenvalue weighted by molar-refractivity contribution is -0.141. The van der Waals surface area contributed by atoms with Crippen molar-refractivity contribution in [2.24, 2.45) is 0 Å². The van der Waals surface area contributed by atoms with E-state index in [-0.39, 0.29) is 37.4 Å². The molecule has 4 rings (SSSR count). The molecule has 0 fully saturated rings. The number of rotatable bonds is 9. The van der Waals surface area contributed by atoms with Crippen LogP contribution in [0.15, 0.2) is 90.1 Å². The Labute approximate surface area is 238 Å². The first-order valence-electron chi connectivity index (χ1n) is 12.8. The second-order valence-electron chi connectivity index (χ2n) is 9.35. The van der Waals surface area contributed by atoms with Gasteiger partial charge in [0.25, 0.3) is 0 Å². The molecular formula is C31H30Cl2N2O4. The molecule has 1 aliphatic heterocycles. The summed E-state index contributed by atoms with van der Waals surface area (Å²) in [5, 5.41) is 3.80. The maximum Gasteiger partial charge on any atom is 0.336 e. The van der Waals surface area contributed by atoms with Gasteiger partial charge in [-0.1, -0.05) is 89.9 Å². The van der Waals surface area contributed by atoms with Crippen LogP contribution in [-0.4, -0.2) is 35.8 Å². The van der Waals surface area contributed by atoms with E-state index in [2.05, 4.69) is 5.32 Å². The Bertz CT molecular complexity index is 1380. The molecule has 0 bridgehead atoms. The zero-order valence-electron chi connectivity index (χ0n) is 21.8. The van der Waals surface area contributed by atoms with Crippen LogP contribution in [0.3, 0.4) is 0 Å². The van der Waals surface area contributed by atoms with Crippen LogP contribution in [0.5, 0.6) is 0 Å². The van der Waals surface area contributed by atoms with Crippen LogP contribution in [0.1, 0.15) is 48.9 Å². The van der Waals surface area contributed by atoms with Gasteiger partial charge < -0.3 is 15.0 Å². The topological polar surface area (TPSA) is 75.7 Å². The average molecular weight is 565 g/mol. The molecule has 6 nitrogen and oxygen atoms in total. The summed E-state index contributed by atoms with van der Waals surface area (Å²) in [6.07, 6.45) is 0.579. The van der Waals surface area contributed by atoms with E-state index in [9.17, 15) is 14.4 Å². The van der Waals surface area contributed by atoms with Crippen molar-refractivity contribution >= 4 is 41.0 Å². The summed E-state index contributed by atoms with van der Waals surface area (Å²) >= 11 is 12.3. The molecule has 202 valence electrons. The quantitative estimate of drug-likeness (QED) is 0.312. The van der Waals surface area contributed by atoms with Crippen molar-refractivity contribution in [2.75, 3.05) is 13.2 Å². The third-order valence-corrected chi connectivity index (χ3v) is 7.52. The first kappa shape index (κ1) is 28.4. The monoisotopic (exact) mass is 564 g/mol. The van der Waals surface area contributed by atoms with E-state index >= 15 is 0 Å². The van der Waals surface area contributed by atoms with Crippen LogP contribution in [0.4, 0.5) is 0 Å². The van der Waals surface area contributed by atoms with Crippen molar-refractivity contribution in [3.63, 3.8) is 0 Å². The number of ether oxygens (including phenoxy) is 1. The largest absolute Gasteiger partial charge is 0.463 e. The van der Waals surface area contributed by atoms with E-state index in [1.165, 1.54) is 4.90 Å². The predicted octanol–water partition coefficient (Wildman–Crippen LogP) is 6.25. The number of nitrogens with zero attached hydrogens (tertiary/aromatic N) is 1. The fourth-order valence-corrected chi connectivity index (χ4v) is 5.17. The van der Waals surface area contributed by atoms with Crippen molar-refractivity contribution in [2.45, 2.75) is 38.6 Å². The number of carbonyl (C=O) groups is 3. The van der Waals surface area contributed by atoms with E-state index in [1.807, 2.05) is 60.7 Å². The van der Waals surface area contributed by atoms with Gasteiger partial charge in [-0.15, -0.1) is 0 Å². The minimum absolute atomic E-state index is 0.0111. The number of hydrogen-bond acceptors (Lipinski definition) is 4. The Hall–Kier alpha value is -3.61. The molecule has 8 heteroatoms. The van der Waals surface area contributed by atoms with Crippen molar-refractivity contribution in [3.05, 3.63) is 117 Å². The minimum Gasteiger partial charge on any atom is -0.463 e. The lowest BCUT2D eigenvalue weighted by Gasteiger charge is -2.34. The number of hydrogen-bond donors (Lipinski definition) is 1. The maximum atomic E-state index is 13.3. The summed E-state index contributed by atoms with van der Waals surface area (Å²) in [7, 11) is 0. The molecule has 1 heterocycles. The molecule has 0 aromatic heterocycles. The first-order chi connectivity index (χ1) is 18.8. The van der Waals surface area contributed by atoms with E-state index in [0.717, 1.165) is 11.1 Å². The minimum atomic E-state index is -0.569. The van der Waals surface area contributed by atoms with Gasteiger partial charge in [-0.3, -0.25) is 9.59 Å². The van der Waals surface area contributed by atoms with Gasteiger partial charge in [0.1, 0.15) is 6.54 Å². The highest BCUT2D eigenvalue weighted by molar-refractivity contribution is 6.42. The van der Waals surface area contributed by atoms with E-state index < -0.39 is 11.9 Å². The van der Waals surface area contributed by atoms with Gasteiger partial charge in [0, 0.05) is 18.0 Å². The Balaban J connectivity index is 1.60. The van der Waals surface area contributed by atoms with Gasteiger partial charge in [-0.25, -0.2) is 4.79 Å². The summed E-state index contributed by atoms with van der Waals surface area (Å²) in [5.41, 5.74) is 3.42. The van der Waals surface area contributed by atoms with Gasteiger partial charge in [0.2, 0.25) is 11.8 Å². The molecule has 0 spiro atoms. The molecule has 1 N–H and O–H groups in total. The molecule has 0 saturated carbocycles. The Kier molecular flexibility index (Phi) is 9.44. The van der Waals surface area contributed by atoms with Crippen LogP contribution in [0.25, 0.3) is 0 Å². The summed E-state index contributed by atoms with van der Waals surface area (Å²) in [6.45, 7) is 3.34. The fraction of sp³-hybridized carbons (Fsp3) is 0.258. The smallest absolute Gasteiger partial charge is 0.336 e. The fourth-order valence-electron chi connectivity index (χ4n) is 4.86. The zero-order valence-corrected chi connectivity index (χ0v) is 23.3. The molecular weight excluding hydrogens is 535 g/mol. The highest BCUT2D eigenvalue weighted by atomic mass is 35.5. The molecule has 0 saturated heterocycles. The summed E-state index contributed by atoms with van der Waals surface area (Å²) in [5.74, 6) is -1.70. The highest BCUT2D eigenvalue weighted by Crippen LogP contribution is 2.39. The molecule has 0 aliphatic carbocycles. The highest BCUT2D eigenvalue weighted by Gasteiger charge is 2.38. The van der Waals surface area contributed by atoms with E-state index in [1.54, 1.807) is 32.0 Å².